The molecule has 0 aliphatic rings. The second kappa shape index (κ2) is 5.74. The van der Waals surface area contributed by atoms with Crippen molar-refractivity contribution in [1.29, 1.82) is 0 Å². The normalized spacial score (nSPS) is 13.5. The number of hydrogen-bond donors (Lipinski definition) is 0. The molecule has 0 saturated carbocycles. The third kappa shape index (κ3) is 3.57. The Labute approximate surface area is 116 Å². The fraction of sp³-hybridized carbons (Fsp3) is 0.562. The second-order valence-electron chi connectivity index (χ2n) is 6.21. The highest BCUT2D eigenvalue weighted by atomic mass is 16.5. The van der Waals surface area contributed by atoms with E-state index >= 15 is 0 Å². The van der Waals surface area contributed by atoms with E-state index in [2.05, 4.69) is 32.9 Å². The van der Waals surface area contributed by atoms with Crippen LogP contribution >= 0.6 is 0 Å². The molecule has 0 radical (unpaired) electrons. The fourth-order valence-electron chi connectivity index (χ4n) is 2.18. The number of hydrogen-bond acceptors (Lipinski definition) is 3. The van der Waals surface area contributed by atoms with E-state index in [1.807, 2.05) is 32.0 Å². The molecular weight excluding hydrogens is 238 g/mol. The van der Waals surface area contributed by atoms with Crippen molar-refractivity contribution in [1.82, 2.24) is 4.90 Å². The van der Waals surface area contributed by atoms with Crippen LogP contribution in [0.25, 0.3) is 0 Å². The number of likely N-dealkylation sites (N-methyl/N-ethyl adjacent to an activating group) is 1. The number of rotatable bonds is 3. The van der Waals surface area contributed by atoms with Gasteiger partial charge in [-0.15, -0.1) is 0 Å². The number of aryl methyl sites for hydroxylation is 1. The number of benzene rings is 1. The number of nitrogens with zero attached hydrogens (tertiary/aromatic N) is 1. The van der Waals surface area contributed by atoms with Gasteiger partial charge in [-0.3, -0.25) is 4.90 Å². The third-order valence-corrected chi connectivity index (χ3v) is 3.37. The highest BCUT2D eigenvalue weighted by Gasteiger charge is 2.26. The van der Waals surface area contributed by atoms with Gasteiger partial charge in [-0.05, 0) is 43.1 Å². The first-order valence-corrected chi connectivity index (χ1v) is 6.53. The lowest BCUT2D eigenvalue weighted by Crippen LogP contribution is -2.29. The molecular formula is C16H25NO2. The van der Waals surface area contributed by atoms with Gasteiger partial charge in [0.05, 0.1) is 7.11 Å². The minimum absolute atomic E-state index is 0.113. The van der Waals surface area contributed by atoms with Crippen molar-refractivity contribution in [2.45, 2.75) is 39.2 Å². The van der Waals surface area contributed by atoms with Crippen molar-refractivity contribution < 1.29 is 9.53 Å². The van der Waals surface area contributed by atoms with Gasteiger partial charge in [0.2, 0.25) is 0 Å². The van der Waals surface area contributed by atoms with E-state index in [0.29, 0.717) is 0 Å². The van der Waals surface area contributed by atoms with E-state index in [4.69, 9.17) is 4.74 Å². The van der Waals surface area contributed by atoms with Crippen molar-refractivity contribution >= 4 is 5.97 Å². The summed E-state index contributed by atoms with van der Waals surface area (Å²) in [5.74, 6) is -0.225. The largest absolute Gasteiger partial charge is 0.468 e. The van der Waals surface area contributed by atoms with Crippen LogP contribution in [0.5, 0.6) is 0 Å². The maximum absolute atomic E-state index is 11.9. The molecule has 1 aromatic carbocycles. The van der Waals surface area contributed by atoms with E-state index in [0.717, 1.165) is 11.1 Å². The van der Waals surface area contributed by atoms with E-state index in [9.17, 15) is 4.79 Å². The summed E-state index contributed by atoms with van der Waals surface area (Å²) in [5.41, 5.74) is 3.51. The lowest BCUT2D eigenvalue weighted by atomic mass is 9.84. The molecule has 3 heteroatoms. The maximum Gasteiger partial charge on any atom is 0.327 e. The van der Waals surface area contributed by atoms with Crippen LogP contribution in [0.2, 0.25) is 0 Å². The zero-order valence-corrected chi connectivity index (χ0v) is 13.1. The molecule has 3 nitrogen and oxygen atoms in total. The first-order valence-electron chi connectivity index (χ1n) is 6.53. The highest BCUT2D eigenvalue weighted by molar-refractivity contribution is 5.78. The van der Waals surface area contributed by atoms with Gasteiger partial charge in [-0.1, -0.05) is 39.0 Å². The molecule has 0 fully saturated rings. The quantitative estimate of drug-likeness (QED) is 0.785. The lowest BCUT2D eigenvalue weighted by molar-refractivity contribution is -0.146. The predicted molar refractivity (Wildman–Crippen MR) is 78.3 cm³/mol. The summed E-state index contributed by atoms with van der Waals surface area (Å²) in [4.78, 5) is 13.8. The Hall–Kier alpha value is -1.35. The van der Waals surface area contributed by atoms with Crippen LogP contribution in [0, 0.1) is 6.92 Å². The van der Waals surface area contributed by atoms with Crippen molar-refractivity contribution in [3.63, 3.8) is 0 Å². The van der Waals surface area contributed by atoms with Crippen LogP contribution in [-0.2, 0) is 14.9 Å². The smallest absolute Gasteiger partial charge is 0.327 e. The van der Waals surface area contributed by atoms with Gasteiger partial charge in [0.25, 0.3) is 0 Å². The molecule has 0 saturated heterocycles. The minimum Gasteiger partial charge on any atom is -0.468 e. The molecule has 0 heterocycles. The van der Waals surface area contributed by atoms with Crippen molar-refractivity contribution in [2.24, 2.45) is 0 Å². The number of carbonyl (C=O) groups excluding carboxylic acids is 1. The monoisotopic (exact) mass is 263 g/mol. The first kappa shape index (κ1) is 15.7. The molecule has 0 aromatic heterocycles. The first-order chi connectivity index (χ1) is 8.68. The average molecular weight is 263 g/mol. The van der Waals surface area contributed by atoms with Crippen molar-refractivity contribution in [2.75, 3.05) is 21.2 Å². The molecule has 0 aliphatic carbocycles. The standard InChI is InChI=1S/C16H25NO2/c1-11-10-12(16(2,3)4)8-9-13(11)14(17(5)6)15(18)19-7/h8-10,14H,1-7H3. The Kier molecular flexibility index (Phi) is 4.75. The highest BCUT2D eigenvalue weighted by Crippen LogP contribution is 2.29. The summed E-state index contributed by atoms with van der Waals surface area (Å²) in [5, 5.41) is 0. The number of esters is 1. The molecule has 0 amide bonds. The van der Waals surface area contributed by atoms with E-state index in [-0.39, 0.29) is 17.4 Å². The molecule has 19 heavy (non-hydrogen) atoms. The Morgan fingerprint density at radius 3 is 2.21 bits per heavy atom. The van der Waals surface area contributed by atoms with E-state index in [1.165, 1.54) is 12.7 Å². The van der Waals surface area contributed by atoms with Crippen molar-refractivity contribution in [3.8, 4) is 0 Å². The lowest BCUT2D eigenvalue weighted by Gasteiger charge is -2.26. The van der Waals surface area contributed by atoms with E-state index < -0.39 is 0 Å². The summed E-state index contributed by atoms with van der Waals surface area (Å²) in [7, 11) is 5.20. The van der Waals surface area contributed by atoms with Gasteiger partial charge in [-0.25, -0.2) is 4.79 Å². The molecule has 1 aromatic rings. The van der Waals surface area contributed by atoms with Crippen molar-refractivity contribution in [3.05, 3.63) is 34.9 Å². The van der Waals surface area contributed by atoms with Gasteiger partial charge in [0.15, 0.2) is 0 Å². The molecule has 106 valence electrons. The average Bonchev–Trinajstić information content (AvgIpc) is 2.29. The van der Waals surface area contributed by atoms with Gasteiger partial charge in [0, 0.05) is 0 Å². The molecule has 0 bridgehead atoms. The molecule has 1 rings (SSSR count). The zero-order valence-electron chi connectivity index (χ0n) is 13.1. The molecule has 0 spiro atoms. The zero-order chi connectivity index (χ0) is 14.8. The van der Waals surface area contributed by atoms with Gasteiger partial charge in [0.1, 0.15) is 6.04 Å². The van der Waals surface area contributed by atoms with Crippen LogP contribution in [0.1, 0.15) is 43.5 Å². The third-order valence-electron chi connectivity index (χ3n) is 3.37. The topological polar surface area (TPSA) is 29.5 Å². The summed E-state index contributed by atoms with van der Waals surface area (Å²) in [6.07, 6.45) is 0. The summed E-state index contributed by atoms with van der Waals surface area (Å²) >= 11 is 0. The minimum atomic E-state index is -0.348. The second-order valence-corrected chi connectivity index (χ2v) is 6.21. The Morgan fingerprint density at radius 1 is 1.26 bits per heavy atom. The van der Waals surface area contributed by atoms with Crippen LogP contribution < -0.4 is 0 Å². The summed E-state index contributed by atoms with van der Waals surface area (Å²) in [6, 6.07) is 5.95. The molecule has 0 N–H and O–H groups in total. The van der Waals surface area contributed by atoms with Gasteiger partial charge < -0.3 is 4.74 Å². The van der Waals surface area contributed by atoms with Crippen LogP contribution in [-0.4, -0.2) is 32.1 Å². The summed E-state index contributed by atoms with van der Waals surface area (Å²) in [6.45, 7) is 8.60. The number of methoxy groups -OCH3 is 1. The van der Waals surface area contributed by atoms with Crippen LogP contribution in [0.3, 0.4) is 0 Å². The fourth-order valence-corrected chi connectivity index (χ4v) is 2.18. The Balaban J connectivity index is 3.24. The van der Waals surface area contributed by atoms with E-state index in [1.54, 1.807) is 0 Å². The number of ether oxygens (including phenoxy) is 1. The SMILES string of the molecule is COC(=O)C(c1ccc(C(C)(C)C)cc1C)N(C)C. The van der Waals surface area contributed by atoms with Gasteiger partial charge >= 0.3 is 5.97 Å². The van der Waals surface area contributed by atoms with Crippen LogP contribution in [0.15, 0.2) is 18.2 Å². The molecule has 1 atom stereocenters. The Morgan fingerprint density at radius 2 is 1.84 bits per heavy atom. The maximum atomic E-state index is 11.9. The molecule has 0 aliphatic heterocycles. The predicted octanol–water partition coefficient (Wildman–Crippen LogP) is 3.07. The number of carbonyl (C=O) groups is 1. The molecule has 1 unspecified atom stereocenters. The van der Waals surface area contributed by atoms with Gasteiger partial charge in [-0.2, -0.15) is 0 Å². The Bertz CT molecular complexity index is 458. The van der Waals surface area contributed by atoms with Crippen LogP contribution in [0.4, 0.5) is 0 Å². The summed E-state index contributed by atoms with van der Waals surface area (Å²) < 4.78 is 4.90.